The van der Waals surface area contributed by atoms with E-state index in [1.165, 1.54) is 12.8 Å². The van der Waals surface area contributed by atoms with Crippen LogP contribution in [0.3, 0.4) is 0 Å². The average Bonchev–Trinajstić information content (AvgIpc) is 3.63. The quantitative estimate of drug-likeness (QED) is 0.241. The van der Waals surface area contributed by atoms with Crippen LogP contribution in [-0.2, 0) is 25.7 Å². The first-order valence-corrected chi connectivity index (χ1v) is 17.0. The molecule has 1 unspecified atom stereocenters. The number of hydrogen-bond donors (Lipinski definition) is 3. The number of carbonyl (C=O) groups excluding carboxylic acids is 3. The lowest BCUT2D eigenvalue weighted by molar-refractivity contribution is -0.193. The first kappa shape index (κ1) is 41.7. The number of halogens is 9. The van der Waals surface area contributed by atoms with Crippen LogP contribution in [0.4, 0.5) is 45.2 Å². The Morgan fingerprint density at radius 2 is 1.42 bits per heavy atom. The van der Waals surface area contributed by atoms with Crippen LogP contribution in [0.1, 0.15) is 80.1 Å². The number of nitrogens with one attached hydrogen (secondary N) is 1. The van der Waals surface area contributed by atoms with Gasteiger partial charge in [0.2, 0.25) is 11.8 Å². The smallest absolute Gasteiger partial charge is 0.475 e. The predicted molar refractivity (Wildman–Crippen MR) is 166 cm³/mol. The van der Waals surface area contributed by atoms with Crippen LogP contribution < -0.4 is 10.2 Å². The molecule has 1 aromatic carbocycles. The third kappa shape index (κ3) is 11.0. The van der Waals surface area contributed by atoms with E-state index in [0.29, 0.717) is 25.1 Å². The van der Waals surface area contributed by atoms with Crippen molar-refractivity contribution in [3.8, 4) is 0 Å². The Labute approximate surface area is 297 Å². The van der Waals surface area contributed by atoms with Gasteiger partial charge in [-0.1, -0.05) is 18.9 Å². The van der Waals surface area contributed by atoms with Crippen LogP contribution in [0, 0.1) is 11.8 Å². The maximum atomic E-state index is 13.4. The minimum atomic E-state index is -5.08. The highest BCUT2D eigenvalue weighted by molar-refractivity contribution is 6.06. The lowest BCUT2D eigenvalue weighted by Gasteiger charge is -2.41. The second-order valence-corrected chi connectivity index (χ2v) is 13.7. The van der Waals surface area contributed by atoms with E-state index >= 15 is 0 Å². The third-order valence-electron chi connectivity index (χ3n) is 10.1. The van der Waals surface area contributed by atoms with Gasteiger partial charge in [0, 0.05) is 55.0 Å². The second kappa shape index (κ2) is 16.5. The summed E-state index contributed by atoms with van der Waals surface area (Å²) in [6.45, 7) is 1.88. The summed E-state index contributed by atoms with van der Waals surface area (Å²) in [5, 5.41) is 16.6. The summed E-state index contributed by atoms with van der Waals surface area (Å²) < 4.78 is 103. The van der Waals surface area contributed by atoms with Gasteiger partial charge in [0.25, 0.3) is 5.91 Å². The molecule has 2 aliphatic carbocycles. The largest absolute Gasteiger partial charge is 0.490 e. The van der Waals surface area contributed by atoms with Crippen molar-refractivity contribution < 1.29 is 73.7 Å². The molecule has 5 aliphatic rings. The highest BCUT2D eigenvalue weighted by Crippen LogP contribution is 2.41. The van der Waals surface area contributed by atoms with Gasteiger partial charge in [-0.3, -0.25) is 24.6 Å². The van der Waals surface area contributed by atoms with E-state index in [-0.39, 0.29) is 43.3 Å². The van der Waals surface area contributed by atoms with Crippen LogP contribution in [-0.4, -0.2) is 106 Å². The van der Waals surface area contributed by atoms with Crippen molar-refractivity contribution in [1.29, 1.82) is 0 Å². The molecule has 3 N–H and O–H groups in total. The predicted octanol–water partition coefficient (Wildman–Crippen LogP) is 5.52. The van der Waals surface area contributed by atoms with Crippen LogP contribution in [0.2, 0.25) is 0 Å². The van der Waals surface area contributed by atoms with Gasteiger partial charge >= 0.3 is 30.5 Å². The third-order valence-corrected chi connectivity index (χ3v) is 10.1. The molecule has 2 atom stereocenters. The molecular formula is C33H39F9N4O7. The lowest BCUT2D eigenvalue weighted by Crippen LogP contribution is -2.52. The average molecular weight is 775 g/mol. The van der Waals surface area contributed by atoms with Gasteiger partial charge in [-0.25, -0.2) is 9.59 Å². The van der Waals surface area contributed by atoms with E-state index in [4.69, 9.17) is 19.8 Å². The zero-order valence-electron chi connectivity index (χ0n) is 28.2. The van der Waals surface area contributed by atoms with Crippen LogP contribution in [0.25, 0.3) is 0 Å². The van der Waals surface area contributed by atoms with Crippen molar-refractivity contribution in [3.05, 3.63) is 29.3 Å². The summed E-state index contributed by atoms with van der Waals surface area (Å²) in [6, 6.07) is 5.64. The van der Waals surface area contributed by atoms with Gasteiger partial charge in [0.1, 0.15) is 6.04 Å². The Morgan fingerprint density at radius 1 is 0.830 bits per heavy atom. The molecule has 296 valence electrons. The van der Waals surface area contributed by atoms with E-state index < -0.39 is 48.3 Å². The second-order valence-electron chi connectivity index (χ2n) is 13.7. The Morgan fingerprint density at radius 3 is 1.91 bits per heavy atom. The first-order chi connectivity index (χ1) is 24.6. The fourth-order valence-electron chi connectivity index (χ4n) is 7.19. The molecule has 4 fully saturated rings. The number of hydrogen-bond acceptors (Lipinski definition) is 7. The topological polar surface area (TPSA) is 148 Å². The van der Waals surface area contributed by atoms with Gasteiger partial charge in [0.05, 0.1) is 5.92 Å². The molecule has 3 aliphatic heterocycles. The molecule has 0 spiro atoms. The van der Waals surface area contributed by atoms with Crippen molar-refractivity contribution in [2.45, 2.75) is 107 Å². The Kier molecular flexibility index (Phi) is 13.0. The number of imide groups is 1. The molecule has 53 heavy (non-hydrogen) atoms. The van der Waals surface area contributed by atoms with Gasteiger partial charge in [-0.2, -0.15) is 39.5 Å². The number of carboxylic acid groups (broad SMARTS) is 2. The minimum Gasteiger partial charge on any atom is -0.475 e. The van der Waals surface area contributed by atoms with Gasteiger partial charge in [-0.15, -0.1) is 0 Å². The van der Waals surface area contributed by atoms with Crippen molar-refractivity contribution in [1.82, 2.24) is 15.1 Å². The van der Waals surface area contributed by atoms with Crippen LogP contribution in [0.5, 0.6) is 0 Å². The lowest BCUT2D eigenvalue weighted by atomic mass is 9.88. The fraction of sp³-hybridized carbons (Fsp3) is 0.667. The molecule has 0 bridgehead atoms. The summed E-state index contributed by atoms with van der Waals surface area (Å²) in [4.78, 5) is 61.5. The number of carboxylic acids is 2. The van der Waals surface area contributed by atoms with Crippen molar-refractivity contribution >= 4 is 35.3 Å². The SMILES string of the molecule is O=C(O)C(F)(F)F.O=C(O)C(F)(F)F.O=C1CCC(N2Cc3c(cccc3N(CCC3CC3)C3CCC(N4CC[C@@H](C(F)(F)F)C4)CC3)C2=O)C(=O)N1. The van der Waals surface area contributed by atoms with E-state index in [1.54, 1.807) is 4.90 Å². The van der Waals surface area contributed by atoms with Crippen molar-refractivity contribution in [2.24, 2.45) is 11.8 Å². The summed E-state index contributed by atoms with van der Waals surface area (Å²) in [7, 11) is 0. The molecule has 20 heteroatoms. The highest BCUT2D eigenvalue weighted by atomic mass is 19.4. The van der Waals surface area contributed by atoms with Crippen molar-refractivity contribution in [3.63, 3.8) is 0 Å². The monoisotopic (exact) mass is 774 g/mol. The molecule has 6 rings (SSSR count). The number of aliphatic carboxylic acids is 2. The van der Waals surface area contributed by atoms with Crippen LogP contribution in [0.15, 0.2) is 18.2 Å². The van der Waals surface area contributed by atoms with E-state index in [9.17, 15) is 53.9 Å². The number of rotatable bonds is 7. The standard InChI is InChI=1S/C29H37F3N4O3.2C2HF3O2/c30-29(31,32)19-13-14-34(16-19)20-6-8-21(9-7-20)35(15-12-18-4-5-18)24-3-1-2-22-23(24)17-36(28(22)39)25-10-11-26(37)33-27(25)38;2*3-2(4,5)1(6)7/h1-3,18-21,25H,4-17H2,(H,33,37,38);2*(H,6,7)/t19-,20?,21?,25?;;/m1../s1. The molecular weight excluding hydrogens is 735 g/mol. The molecule has 3 amide bonds. The summed E-state index contributed by atoms with van der Waals surface area (Å²) in [5.41, 5.74) is 2.60. The number of benzene rings is 1. The first-order valence-electron chi connectivity index (χ1n) is 17.0. The number of likely N-dealkylation sites (tertiary alicyclic amines) is 1. The number of fused-ring (bicyclic) bond motifs is 1. The van der Waals surface area contributed by atoms with Gasteiger partial charge < -0.3 is 20.0 Å². The summed E-state index contributed by atoms with van der Waals surface area (Å²) >= 11 is 0. The minimum absolute atomic E-state index is 0.120. The molecule has 3 heterocycles. The zero-order chi connectivity index (χ0) is 39.5. The molecule has 0 aromatic heterocycles. The van der Waals surface area contributed by atoms with E-state index in [2.05, 4.69) is 21.2 Å². The Hall–Kier alpha value is -4.10. The highest BCUT2D eigenvalue weighted by Gasteiger charge is 2.46. The molecule has 0 radical (unpaired) electrons. The Bertz CT molecular complexity index is 1500. The molecule has 2 saturated carbocycles. The number of piperidine rings is 1. The van der Waals surface area contributed by atoms with Crippen molar-refractivity contribution in [2.75, 3.05) is 24.5 Å². The molecule has 1 aromatic rings. The maximum absolute atomic E-state index is 13.4. The Balaban J connectivity index is 0.000000381. The number of alkyl halides is 9. The van der Waals surface area contributed by atoms with Crippen LogP contribution >= 0.6 is 0 Å². The maximum Gasteiger partial charge on any atom is 0.490 e. The zero-order valence-corrected chi connectivity index (χ0v) is 28.2. The number of amides is 3. The summed E-state index contributed by atoms with van der Waals surface area (Å²) in [5.74, 6) is -6.85. The summed E-state index contributed by atoms with van der Waals surface area (Å²) in [6.07, 6.45) is -6.33. The van der Waals surface area contributed by atoms with E-state index in [0.717, 1.165) is 55.8 Å². The van der Waals surface area contributed by atoms with Gasteiger partial charge in [0.15, 0.2) is 0 Å². The normalized spacial score (nSPS) is 25.1. The molecule has 11 nitrogen and oxygen atoms in total. The van der Waals surface area contributed by atoms with Gasteiger partial charge in [-0.05, 0) is 69.5 Å². The number of carbonyl (C=O) groups is 5. The molecule has 2 saturated heterocycles. The fourth-order valence-corrected chi connectivity index (χ4v) is 7.19. The number of anilines is 1. The van der Waals surface area contributed by atoms with E-state index in [1.807, 2.05) is 12.1 Å². The number of nitrogens with zero attached hydrogens (tertiary/aromatic N) is 3.